The quantitative estimate of drug-likeness (QED) is 0.590. The van der Waals surface area contributed by atoms with Crippen molar-refractivity contribution in [2.24, 2.45) is 0 Å². The average Bonchev–Trinajstić information content (AvgIpc) is 1.98. The number of nitriles is 1. The number of hydrogen-bond donors (Lipinski definition) is 0. The Morgan fingerprint density at radius 2 is 2.40 bits per heavy atom. The maximum Gasteiger partial charge on any atom is 0.0640 e. The highest BCUT2D eigenvalue weighted by molar-refractivity contribution is 4.87. The minimum atomic E-state index is 0.538. The molecule has 0 fully saturated rings. The Morgan fingerprint density at radius 3 is 2.80 bits per heavy atom. The molecule has 0 unspecified atom stereocenters. The van der Waals surface area contributed by atoms with Gasteiger partial charge < -0.3 is 4.90 Å². The molecule has 10 heavy (non-hydrogen) atoms. The van der Waals surface area contributed by atoms with Gasteiger partial charge in [-0.1, -0.05) is 12.7 Å². The van der Waals surface area contributed by atoms with Gasteiger partial charge in [-0.05, 0) is 19.3 Å². The summed E-state index contributed by atoms with van der Waals surface area (Å²) in [5.41, 5.74) is 0. The lowest BCUT2D eigenvalue weighted by atomic mass is 10.4. The summed E-state index contributed by atoms with van der Waals surface area (Å²) in [6.45, 7) is 6.26. The molecule has 0 aromatic rings. The second-order valence-corrected chi connectivity index (χ2v) is 1.81. The zero-order valence-electron chi connectivity index (χ0n) is 6.25. The first-order valence-corrected chi connectivity index (χ1v) is 3.23. The van der Waals surface area contributed by atoms with E-state index < -0.39 is 0 Å². The van der Waals surface area contributed by atoms with E-state index in [1.807, 2.05) is 24.1 Å². The van der Waals surface area contributed by atoms with Gasteiger partial charge in [0.15, 0.2) is 0 Å². The maximum absolute atomic E-state index is 8.24. The largest absolute Gasteiger partial charge is 0.354 e. The van der Waals surface area contributed by atoms with Gasteiger partial charge in [0.2, 0.25) is 0 Å². The van der Waals surface area contributed by atoms with E-state index >= 15 is 0 Å². The van der Waals surface area contributed by atoms with Crippen LogP contribution in [0.2, 0.25) is 0 Å². The molecule has 0 spiro atoms. The van der Waals surface area contributed by atoms with Crippen LogP contribution in [-0.2, 0) is 0 Å². The highest BCUT2D eigenvalue weighted by atomic mass is 15.1. The van der Waals surface area contributed by atoms with Gasteiger partial charge in [-0.3, -0.25) is 0 Å². The van der Waals surface area contributed by atoms with Gasteiger partial charge in [-0.25, -0.2) is 0 Å². The lowest BCUT2D eigenvalue weighted by molar-refractivity contribution is 0.517. The Balaban J connectivity index is 3.62. The highest BCUT2D eigenvalue weighted by Gasteiger charge is 1.89. The second-order valence-electron chi connectivity index (χ2n) is 1.81. The van der Waals surface area contributed by atoms with Crippen LogP contribution in [0.3, 0.4) is 0 Å². The Kier molecular flexibility index (Phi) is 5.17. The molecule has 0 N–H and O–H groups in total. The summed E-state index contributed by atoms with van der Waals surface area (Å²) in [7, 11) is 0. The molecule has 2 nitrogen and oxygen atoms in total. The Labute approximate surface area is 62.1 Å². The minimum absolute atomic E-state index is 0.538. The molecule has 0 aliphatic heterocycles. The smallest absolute Gasteiger partial charge is 0.0640 e. The number of nitrogens with zero attached hydrogens (tertiary/aromatic N) is 2. The second kappa shape index (κ2) is 5.90. The number of rotatable bonds is 4. The van der Waals surface area contributed by atoms with Crippen LogP contribution in [0.15, 0.2) is 25.1 Å². The van der Waals surface area contributed by atoms with E-state index in [1.165, 1.54) is 0 Å². The molecule has 0 aromatic heterocycles. The van der Waals surface area contributed by atoms with Gasteiger partial charge in [0.25, 0.3) is 0 Å². The van der Waals surface area contributed by atoms with Crippen LogP contribution in [-0.4, -0.2) is 11.4 Å². The van der Waals surface area contributed by atoms with Crippen LogP contribution in [0, 0.1) is 11.3 Å². The molecule has 0 amide bonds. The highest BCUT2D eigenvalue weighted by Crippen LogP contribution is 1.91. The first-order valence-electron chi connectivity index (χ1n) is 3.23. The molecular weight excluding hydrogens is 124 g/mol. The molecule has 0 heterocycles. The summed E-state index contributed by atoms with van der Waals surface area (Å²) in [5.74, 6) is 0. The molecule has 0 aliphatic rings. The zero-order chi connectivity index (χ0) is 7.82. The fraction of sp³-hybridized carbons (Fsp3) is 0.375. The van der Waals surface area contributed by atoms with Crippen molar-refractivity contribution in [3.05, 3.63) is 25.1 Å². The molecule has 2 heteroatoms. The van der Waals surface area contributed by atoms with Crippen molar-refractivity contribution >= 4 is 0 Å². The maximum atomic E-state index is 8.24. The molecular formula is C8H12N2. The van der Waals surface area contributed by atoms with Gasteiger partial charge >= 0.3 is 0 Å². The fourth-order valence-corrected chi connectivity index (χ4v) is 0.597. The summed E-state index contributed by atoms with van der Waals surface area (Å²) in [4.78, 5) is 1.88. The third-order valence-electron chi connectivity index (χ3n) is 1.06. The van der Waals surface area contributed by atoms with Gasteiger partial charge in [0, 0.05) is 6.54 Å². The van der Waals surface area contributed by atoms with Crippen LogP contribution in [0.25, 0.3) is 0 Å². The van der Waals surface area contributed by atoms with Crippen molar-refractivity contribution < 1.29 is 0 Å². The third kappa shape index (κ3) is 3.73. The Bertz CT molecular complexity index is 153. The molecule has 0 radical (unpaired) electrons. The van der Waals surface area contributed by atoms with Crippen molar-refractivity contribution in [3.63, 3.8) is 0 Å². The van der Waals surface area contributed by atoms with Crippen LogP contribution in [0.1, 0.15) is 13.3 Å². The molecule has 0 rings (SSSR count). The van der Waals surface area contributed by atoms with Crippen molar-refractivity contribution in [2.45, 2.75) is 13.3 Å². The summed E-state index contributed by atoms with van der Waals surface area (Å²) in [6, 6.07) is 2.07. The fourth-order valence-electron chi connectivity index (χ4n) is 0.597. The predicted octanol–water partition coefficient (Wildman–Crippen LogP) is 1.88. The monoisotopic (exact) mass is 136 g/mol. The molecule has 0 aromatic carbocycles. The Hall–Kier alpha value is -1.23. The van der Waals surface area contributed by atoms with Crippen molar-refractivity contribution in [1.82, 2.24) is 4.90 Å². The van der Waals surface area contributed by atoms with E-state index in [2.05, 4.69) is 12.6 Å². The first kappa shape index (κ1) is 8.77. The molecule has 0 aliphatic carbocycles. The summed E-state index contributed by atoms with van der Waals surface area (Å²) in [6.07, 6.45) is 6.05. The summed E-state index contributed by atoms with van der Waals surface area (Å²) >= 11 is 0. The minimum Gasteiger partial charge on any atom is -0.354 e. The van der Waals surface area contributed by atoms with Crippen molar-refractivity contribution in [2.75, 3.05) is 6.54 Å². The number of hydrogen-bond acceptors (Lipinski definition) is 2. The van der Waals surface area contributed by atoms with E-state index in [1.54, 1.807) is 6.20 Å². The van der Waals surface area contributed by atoms with Crippen molar-refractivity contribution in [3.8, 4) is 6.07 Å². The van der Waals surface area contributed by atoms with Gasteiger partial charge in [-0.2, -0.15) is 5.26 Å². The van der Waals surface area contributed by atoms with Gasteiger partial charge in [0.1, 0.15) is 0 Å². The molecule has 0 atom stereocenters. The topological polar surface area (TPSA) is 27.0 Å². The van der Waals surface area contributed by atoms with Crippen LogP contribution < -0.4 is 0 Å². The van der Waals surface area contributed by atoms with Crippen LogP contribution >= 0.6 is 0 Å². The number of allylic oxidation sites excluding steroid dienone is 1. The lowest BCUT2D eigenvalue weighted by Crippen LogP contribution is -2.09. The molecule has 0 bridgehead atoms. The van der Waals surface area contributed by atoms with E-state index in [0.717, 1.165) is 6.54 Å². The molecule has 0 saturated carbocycles. The van der Waals surface area contributed by atoms with Gasteiger partial charge in [0.05, 0.1) is 12.5 Å². The molecule has 54 valence electrons. The van der Waals surface area contributed by atoms with Gasteiger partial charge in [-0.15, -0.1) is 0 Å². The van der Waals surface area contributed by atoms with Crippen LogP contribution in [0.4, 0.5) is 0 Å². The SMILES string of the molecule is C=CN(/C=C\C)CCC#N. The van der Waals surface area contributed by atoms with Crippen molar-refractivity contribution in [1.29, 1.82) is 5.26 Å². The molecule has 0 saturated heterocycles. The summed E-state index contributed by atoms with van der Waals surface area (Å²) in [5, 5.41) is 8.24. The summed E-state index contributed by atoms with van der Waals surface area (Å²) < 4.78 is 0. The average molecular weight is 136 g/mol. The van der Waals surface area contributed by atoms with E-state index in [4.69, 9.17) is 5.26 Å². The zero-order valence-corrected chi connectivity index (χ0v) is 6.25. The first-order chi connectivity index (χ1) is 4.85. The third-order valence-corrected chi connectivity index (χ3v) is 1.06. The normalized spacial score (nSPS) is 9.20. The van der Waals surface area contributed by atoms with E-state index in [9.17, 15) is 0 Å². The Morgan fingerprint density at radius 1 is 1.70 bits per heavy atom. The lowest BCUT2D eigenvalue weighted by Gasteiger charge is -2.10. The predicted molar refractivity (Wildman–Crippen MR) is 41.9 cm³/mol. The standard InChI is InChI=1S/C8H12N2/c1-3-7-10(4-2)8-5-6-9/h3-4,7H,2,5,8H2,1H3/b7-3-. The van der Waals surface area contributed by atoms with E-state index in [0.29, 0.717) is 6.42 Å². The van der Waals surface area contributed by atoms with Crippen LogP contribution in [0.5, 0.6) is 0 Å². The van der Waals surface area contributed by atoms with E-state index in [-0.39, 0.29) is 0 Å².